The number of likely N-dealkylation sites (tertiary alicyclic amines) is 1. The molecule has 2 fully saturated rings. The van der Waals surface area contributed by atoms with E-state index in [9.17, 15) is 29.1 Å². The van der Waals surface area contributed by atoms with Gasteiger partial charge in [0.25, 0.3) is 5.92 Å². The summed E-state index contributed by atoms with van der Waals surface area (Å²) in [4.78, 5) is 27.7. The number of anilines is 1. The van der Waals surface area contributed by atoms with Crippen molar-refractivity contribution in [3.8, 4) is 17.6 Å². The number of carbonyl (C=O) groups excluding carboxylic acids is 1. The molecule has 1 amide bonds. The van der Waals surface area contributed by atoms with Gasteiger partial charge in [-0.2, -0.15) is 5.26 Å². The van der Waals surface area contributed by atoms with Gasteiger partial charge in [0.15, 0.2) is 33.6 Å². The molecule has 2 aliphatic heterocycles. The number of hydrogen-bond donors (Lipinski definition) is 4. The molecule has 38 heavy (non-hydrogen) atoms. The highest BCUT2D eigenvalue weighted by Crippen LogP contribution is 2.38. The highest BCUT2D eigenvalue weighted by Gasteiger charge is 2.43. The highest BCUT2D eigenvalue weighted by molar-refractivity contribution is 7.99. The zero-order valence-electron chi connectivity index (χ0n) is 20.3. The number of nitriles is 1. The lowest BCUT2D eigenvalue weighted by Crippen LogP contribution is -2.47. The van der Waals surface area contributed by atoms with E-state index in [2.05, 4.69) is 20.3 Å². The number of phenols is 2. The van der Waals surface area contributed by atoms with Gasteiger partial charge in [0, 0.05) is 37.0 Å². The number of benzene rings is 1. The summed E-state index contributed by atoms with van der Waals surface area (Å²) in [5.74, 6) is -3.36. The van der Waals surface area contributed by atoms with Crippen molar-refractivity contribution in [3.05, 3.63) is 24.0 Å². The third-order valence-electron chi connectivity index (χ3n) is 7.02. The van der Waals surface area contributed by atoms with E-state index in [1.807, 2.05) is 10.6 Å². The second-order valence-electron chi connectivity index (χ2n) is 9.58. The fourth-order valence-corrected chi connectivity index (χ4v) is 5.91. The molecule has 1 atom stereocenters. The predicted molar refractivity (Wildman–Crippen MR) is 134 cm³/mol. The molecular formula is C24H26F2N8O3S. The molecule has 0 spiro atoms. The quantitative estimate of drug-likeness (QED) is 0.339. The lowest BCUT2D eigenvalue weighted by Gasteiger charge is -2.33. The Morgan fingerprint density at radius 1 is 1.26 bits per heavy atom. The van der Waals surface area contributed by atoms with Crippen molar-refractivity contribution in [1.29, 1.82) is 5.26 Å². The second-order valence-corrected chi connectivity index (χ2v) is 10.6. The van der Waals surface area contributed by atoms with Crippen LogP contribution in [-0.4, -0.2) is 72.1 Å². The van der Waals surface area contributed by atoms with Gasteiger partial charge in [-0.25, -0.2) is 23.7 Å². The predicted octanol–water partition coefficient (Wildman–Crippen LogP) is 2.47. The lowest BCUT2D eigenvalue weighted by molar-refractivity contribution is -0.135. The van der Waals surface area contributed by atoms with Gasteiger partial charge < -0.3 is 25.4 Å². The molecule has 0 saturated carbocycles. The molecule has 1 aromatic carbocycles. The number of carbonyl (C=O) groups is 1. The van der Waals surface area contributed by atoms with Crippen LogP contribution in [0.4, 0.5) is 14.6 Å². The zero-order valence-corrected chi connectivity index (χ0v) is 21.1. The first-order chi connectivity index (χ1) is 18.1. The van der Waals surface area contributed by atoms with Gasteiger partial charge in [0.05, 0.1) is 18.2 Å². The molecule has 0 aliphatic carbocycles. The van der Waals surface area contributed by atoms with E-state index in [1.54, 1.807) is 4.90 Å². The van der Waals surface area contributed by atoms with Crippen LogP contribution in [-0.2, 0) is 11.3 Å². The van der Waals surface area contributed by atoms with Crippen LogP contribution in [0.2, 0.25) is 0 Å². The lowest BCUT2D eigenvalue weighted by atomic mass is 9.93. The molecule has 11 nitrogen and oxygen atoms in total. The van der Waals surface area contributed by atoms with Crippen molar-refractivity contribution in [2.75, 3.05) is 25.4 Å². The number of fused-ring (bicyclic) bond motifs is 1. The maximum Gasteiger partial charge on any atom is 0.262 e. The molecule has 200 valence electrons. The van der Waals surface area contributed by atoms with E-state index in [0.29, 0.717) is 46.8 Å². The summed E-state index contributed by atoms with van der Waals surface area (Å²) in [5, 5.41) is 32.4. The molecule has 5 N–H and O–H groups in total. The minimum absolute atomic E-state index is 0.175. The third-order valence-corrected chi connectivity index (χ3v) is 8.07. The number of piperidine rings is 1. The van der Waals surface area contributed by atoms with E-state index in [4.69, 9.17) is 5.73 Å². The minimum Gasteiger partial charge on any atom is -0.504 e. The number of nitrogens with zero attached hydrogens (tertiary/aromatic N) is 6. The number of aryl methyl sites for hydroxylation is 1. The minimum atomic E-state index is -2.85. The van der Waals surface area contributed by atoms with Gasteiger partial charge in [-0.3, -0.25) is 10.1 Å². The molecular weight excluding hydrogens is 518 g/mol. The average molecular weight is 545 g/mol. The standard InChI is InChI=1S/C24H26F2N8O3S/c25-24(26)9-15(29-11-24)22(37)33-4-1-13(2-5-33)3-6-34-21-19(20(28)30-12-31-21)32-23(34)38-18-8-17(36)16(35)7-14(18)10-27/h7-8,12-13,15,29,35-36H,1-6,9,11H2,(H2,28,30,31)/t15-/m0/s1. The van der Waals surface area contributed by atoms with E-state index in [-0.39, 0.29) is 23.0 Å². The Hall–Kier alpha value is -3.70. The van der Waals surface area contributed by atoms with Gasteiger partial charge in [-0.15, -0.1) is 0 Å². The maximum absolute atomic E-state index is 13.5. The molecule has 0 radical (unpaired) electrons. The number of rotatable bonds is 6. The molecule has 0 unspecified atom stereocenters. The van der Waals surface area contributed by atoms with Crippen molar-refractivity contribution in [2.45, 2.75) is 54.2 Å². The number of amides is 1. The summed E-state index contributed by atoms with van der Waals surface area (Å²) in [6.45, 7) is 1.07. The summed E-state index contributed by atoms with van der Waals surface area (Å²) < 4.78 is 28.9. The number of imidazole rings is 1. The van der Waals surface area contributed by atoms with Crippen molar-refractivity contribution in [1.82, 2.24) is 29.7 Å². The zero-order chi connectivity index (χ0) is 27.0. The summed E-state index contributed by atoms with van der Waals surface area (Å²) in [7, 11) is 0. The van der Waals surface area contributed by atoms with Gasteiger partial charge in [-0.05, 0) is 31.2 Å². The van der Waals surface area contributed by atoms with E-state index in [1.165, 1.54) is 18.5 Å². The van der Waals surface area contributed by atoms with Crippen LogP contribution in [0.1, 0.15) is 31.2 Å². The molecule has 5 rings (SSSR count). The summed E-state index contributed by atoms with van der Waals surface area (Å²) >= 11 is 1.14. The molecule has 2 aromatic heterocycles. The SMILES string of the molecule is N#Cc1cc(O)c(O)cc1Sc1nc2c(N)ncnc2n1CCC1CCN(C(=O)[C@@H]2CC(F)(F)CN2)CC1. The van der Waals surface area contributed by atoms with Crippen molar-refractivity contribution < 1.29 is 23.8 Å². The average Bonchev–Trinajstić information content (AvgIpc) is 3.44. The van der Waals surface area contributed by atoms with Crippen LogP contribution in [0.15, 0.2) is 28.5 Å². The normalized spacial score (nSPS) is 19.6. The maximum atomic E-state index is 13.5. The fourth-order valence-electron chi connectivity index (χ4n) is 4.91. The Bertz CT molecular complexity index is 1420. The number of aromatic hydroxyl groups is 2. The van der Waals surface area contributed by atoms with Crippen molar-refractivity contribution in [3.63, 3.8) is 0 Å². The number of phenolic OH excluding ortho intramolecular Hbond substituents is 2. The molecule has 4 heterocycles. The number of aromatic nitrogens is 4. The largest absolute Gasteiger partial charge is 0.504 e. The van der Waals surface area contributed by atoms with Gasteiger partial charge in [0.1, 0.15) is 12.4 Å². The Morgan fingerprint density at radius 3 is 2.68 bits per heavy atom. The number of nitrogen functional groups attached to an aromatic ring is 1. The molecule has 14 heteroatoms. The fraction of sp³-hybridized carbons (Fsp3) is 0.458. The highest BCUT2D eigenvalue weighted by atomic mass is 32.2. The van der Waals surface area contributed by atoms with Crippen LogP contribution in [0.25, 0.3) is 11.2 Å². The summed E-state index contributed by atoms with van der Waals surface area (Å²) in [6.07, 6.45) is 3.12. The van der Waals surface area contributed by atoms with E-state index in [0.717, 1.165) is 31.0 Å². The number of alkyl halides is 2. The first-order valence-corrected chi connectivity index (χ1v) is 13.0. The summed E-state index contributed by atoms with van der Waals surface area (Å²) in [6, 6.07) is 3.67. The molecule has 2 aliphatic rings. The van der Waals surface area contributed by atoms with Crippen molar-refractivity contribution >= 4 is 34.7 Å². The molecule has 0 bridgehead atoms. The number of hydrogen-bond acceptors (Lipinski definition) is 10. The van der Waals surface area contributed by atoms with Gasteiger partial charge in [-0.1, -0.05) is 11.8 Å². The van der Waals surface area contributed by atoms with Crippen LogP contribution >= 0.6 is 11.8 Å². The van der Waals surface area contributed by atoms with Crippen LogP contribution in [0.5, 0.6) is 11.5 Å². The first kappa shape index (κ1) is 25.9. The third kappa shape index (κ3) is 5.16. The first-order valence-electron chi connectivity index (χ1n) is 12.2. The molecule has 3 aromatic rings. The monoisotopic (exact) mass is 544 g/mol. The van der Waals surface area contributed by atoms with E-state index < -0.39 is 30.7 Å². The second kappa shape index (κ2) is 10.2. The Morgan fingerprint density at radius 2 is 2.00 bits per heavy atom. The van der Waals surface area contributed by atoms with Crippen LogP contribution in [0.3, 0.4) is 0 Å². The Kier molecular flexibility index (Phi) is 6.97. The number of nitrogens with one attached hydrogen (secondary N) is 1. The Balaban J connectivity index is 1.29. The molecule has 2 saturated heterocycles. The smallest absolute Gasteiger partial charge is 0.262 e. The van der Waals surface area contributed by atoms with E-state index >= 15 is 0 Å². The van der Waals surface area contributed by atoms with Gasteiger partial charge in [0.2, 0.25) is 5.91 Å². The van der Waals surface area contributed by atoms with Crippen LogP contribution < -0.4 is 11.1 Å². The topological polar surface area (TPSA) is 166 Å². The Labute approximate surface area is 220 Å². The number of nitrogens with two attached hydrogens (primary N) is 1. The van der Waals surface area contributed by atoms with Crippen molar-refractivity contribution in [2.24, 2.45) is 5.92 Å². The van der Waals surface area contributed by atoms with Gasteiger partial charge >= 0.3 is 0 Å². The summed E-state index contributed by atoms with van der Waals surface area (Å²) in [5.41, 5.74) is 7.15. The number of halogens is 2. The van der Waals surface area contributed by atoms with Crippen LogP contribution in [0, 0.1) is 17.2 Å².